The summed E-state index contributed by atoms with van der Waals surface area (Å²) in [5.74, 6) is 0.403. The molecule has 0 saturated carbocycles. The van der Waals surface area contributed by atoms with Gasteiger partial charge in [0.05, 0.1) is 16.8 Å². The second-order valence-electron chi connectivity index (χ2n) is 5.59. The molecule has 27 heavy (non-hydrogen) atoms. The molecule has 3 rings (SSSR count). The van der Waals surface area contributed by atoms with Gasteiger partial charge in [-0.05, 0) is 49.4 Å². The minimum absolute atomic E-state index is 0.224. The Balaban J connectivity index is 1.86. The van der Waals surface area contributed by atoms with Crippen molar-refractivity contribution in [2.75, 3.05) is 13.2 Å². The second kappa shape index (κ2) is 8.64. The molecular weight excluding hydrogens is 367 g/mol. The first kappa shape index (κ1) is 18.8. The molecule has 0 aliphatic rings. The first-order valence-corrected chi connectivity index (χ1v) is 9.25. The van der Waals surface area contributed by atoms with E-state index in [-0.39, 0.29) is 12.4 Å². The summed E-state index contributed by atoms with van der Waals surface area (Å²) in [5.41, 5.74) is 0.953. The molecule has 0 saturated heterocycles. The zero-order valence-electron chi connectivity index (χ0n) is 14.9. The molecule has 0 aliphatic carbocycles. The van der Waals surface area contributed by atoms with E-state index in [9.17, 15) is 9.18 Å². The number of rotatable bonds is 7. The number of fused-ring (bicyclic) bond motifs is 1. The third-order valence-electron chi connectivity index (χ3n) is 3.67. The maximum absolute atomic E-state index is 12.9. The number of aromatic nitrogens is 1. The molecule has 0 aliphatic heterocycles. The summed E-state index contributed by atoms with van der Waals surface area (Å²) in [6.07, 6.45) is 1.75. The third-order valence-corrected chi connectivity index (χ3v) is 4.71. The fraction of sp³-hybridized carbons (Fsp3) is 0.200. The van der Waals surface area contributed by atoms with Crippen molar-refractivity contribution >= 4 is 27.5 Å². The number of amides is 1. The van der Waals surface area contributed by atoms with Crippen LogP contribution in [0.5, 0.6) is 11.5 Å². The molecule has 2 aromatic carbocycles. The summed E-state index contributed by atoms with van der Waals surface area (Å²) in [4.78, 5) is 17.0. The average molecular weight is 386 g/mol. The van der Waals surface area contributed by atoms with Crippen LogP contribution in [0.1, 0.15) is 6.92 Å². The number of hydrogen-bond acceptors (Lipinski definition) is 4. The Hall–Kier alpha value is -2.93. The van der Waals surface area contributed by atoms with Gasteiger partial charge in [0, 0.05) is 6.54 Å². The van der Waals surface area contributed by atoms with E-state index in [4.69, 9.17) is 9.47 Å². The zero-order valence-corrected chi connectivity index (χ0v) is 15.7. The van der Waals surface area contributed by atoms with Crippen LogP contribution in [0, 0.1) is 5.82 Å². The highest BCUT2D eigenvalue weighted by Crippen LogP contribution is 2.23. The number of benzene rings is 2. The van der Waals surface area contributed by atoms with Crippen molar-refractivity contribution in [1.82, 2.24) is 4.57 Å². The minimum atomic E-state index is -0.422. The van der Waals surface area contributed by atoms with E-state index < -0.39 is 5.91 Å². The molecule has 1 heterocycles. The highest BCUT2D eigenvalue weighted by atomic mass is 32.1. The van der Waals surface area contributed by atoms with E-state index in [0.29, 0.717) is 23.7 Å². The van der Waals surface area contributed by atoms with E-state index >= 15 is 0 Å². The number of hydrogen-bond donors (Lipinski definition) is 0. The molecule has 0 spiro atoms. The molecule has 0 atom stereocenters. The van der Waals surface area contributed by atoms with Gasteiger partial charge in [-0.15, -0.1) is 6.58 Å². The number of halogens is 1. The van der Waals surface area contributed by atoms with E-state index in [1.54, 1.807) is 6.08 Å². The Morgan fingerprint density at radius 1 is 1.22 bits per heavy atom. The van der Waals surface area contributed by atoms with Gasteiger partial charge >= 0.3 is 0 Å². The number of ether oxygens (including phenoxy) is 2. The van der Waals surface area contributed by atoms with Crippen LogP contribution in [0.15, 0.2) is 60.1 Å². The molecule has 0 N–H and O–H groups in total. The zero-order chi connectivity index (χ0) is 19.2. The van der Waals surface area contributed by atoms with Gasteiger partial charge in [0.2, 0.25) is 0 Å². The maximum Gasteiger partial charge on any atom is 0.286 e. The molecule has 0 radical (unpaired) electrons. The summed E-state index contributed by atoms with van der Waals surface area (Å²) < 4.78 is 26.7. The Morgan fingerprint density at radius 2 is 1.96 bits per heavy atom. The van der Waals surface area contributed by atoms with Crippen molar-refractivity contribution in [3.8, 4) is 11.5 Å². The fourth-order valence-electron chi connectivity index (χ4n) is 2.52. The van der Waals surface area contributed by atoms with Crippen LogP contribution in [0.2, 0.25) is 0 Å². The summed E-state index contributed by atoms with van der Waals surface area (Å²) in [6.45, 7) is 6.58. The van der Waals surface area contributed by atoms with Gasteiger partial charge in [-0.3, -0.25) is 4.79 Å². The quantitative estimate of drug-likeness (QED) is 0.578. The Morgan fingerprint density at radius 3 is 2.67 bits per heavy atom. The standard InChI is InChI=1S/C20H19FN2O3S/c1-3-11-23-17-10-9-16(25-4-2)12-18(17)27-20(23)22-19(24)13-26-15-7-5-14(21)6-8-15/h3,5-10,12H,1,4,11,13H2,2H3. The third kappa shape index (κ3) is 4.62. The smallest absolute Gasteiger partial charge is 0.286 e. The van der Waals surface area contributed by atoms with Crippen molar-refractivity contribution in [3.63, 3.8) is 0 Å². The van der Waals surface area contributed by atoms with Crippen LogP contribution in [-0.2, 0) is 11.3 Å². The summed E-state index contributed by atoms with van der Waals surface area (Å²) in [5, 5.41) is 0. The molecular formula is C20H19FN2O3S. The molecule has 1 aromatic heterocycles. The predicted molar refractivity (Wildman–Crippen MR) is 104 cm³/mol. The van der Waals surface area contributed by atoms with E-state index in [0.717, 1.165) is 16.0 Å². The van der Waals surface area contributed by atoms with Crippen molar-refractivity contribution in [3.05, 3.63) is 65.7 Å². The highest BCUT2D eigenvalue weighted by molar-refractivity contribution is 7.16. The van der Waals surface area contributed by atoms with Crippen LogP contribution >= 0.6 is 11.3 Å². The van der Waals surface area contributed by atoms with Crippen molar-refractivity contribution in [2.45, 2.75) is 13.5 Å². The molecule has 3 aromatic rings. The molecule has 5 nitrogen and oxygen atoms in total. The van der Waals surface area contributed by atoms with E-state index in [1.807, 2.05) is 29.7 Å². The molecule has 0 bridgehead atoms. The first-order chi connectivity index (χ1) is 13.1. The van der Waals surface area contributed by atoms with Crippen LogP contribution in [0.3, 0.4) is 0 Å². The minimum Gasteiger partial charge on any atom is -0.494 e. The summed E-state index contributed by atoms with van der Waals surface area (Å²) in [6, 6.07) is 11.3. The summed E-state index contributed by atoms with van der Waals surface area (Å²) >= 11 is 1.40. The number of carbonyl (C=O) groups excluding carboxylic acids is 1. The van der Waals surface area contributed by atoms with Crippen LogP contribution in [-0.4, -0.2) is 23.7 Å². The lowest BCUT2D eigenvalue weighted by molar-refractivity contribution is -0.120. The van der Waals surface area contributed by atoms with Crippen LogP contribution < -0.4 is 14.3 Å². The Kier molecular flexibility index (Phi) is 6.03. The first-order valence-electron chi connectivity index (χ1n) is 8.43. The largest absolute Gasteiger partial charge is 0.494 e. The number of nitrogens with zero attached hydrogens (tertiary/aromatic N) is 2. The lowest BCUT2D eigenvalue weighted by Gasteiger charge is -2.04. The van der Waals surface area contributed by atoms with E-state index in [2.05, 4.69) is 11.6 Å². The molecule has 7 heteroatoms. The average Bonchev–Trinajstić information content (AvgIpc) is 2.98. The Labute approximate surface area is 160 Å². The van der Waals surface area contributed by atoms with Crippen LogP contribution in [0.25, 0.3) is 10.2 Å². The van der Waals surface area contributed by atoms with Gasteiger partial charge in [-0.25, -0.2) is 4.39 Å². The number of carbonyl (C=O) groups is 1. The van der Waals surface area contributed by atoms with Gasteiger partial charge in [0.15, 0.2) is 11.4 Å². The Bertz CT molecular complexity index is 1020. The van der Waals surface area contributed by atoms with Gasteiger partial charge < -0.3 is 14.0 Å². The highest BCUT2D eigenvalue weighted by Gasteiger charge is 2.09. The van der Waals surface area contributed by atoms with Gasteiger partial charge in [0.25, 0.3) is 5.91 Å². The topological polar surface area (TPSA) is 52.8 Å². The lowest BCUT2D eigenvalue weighted by atomic mass is 10.3. The molecule has 0 fully saturated rings. The van der Waals surface area contributed by atoms with Gasteiger partial charge in [0.1, 0.15) is 17.3 Å². The molecule has 0 unspecified atom stereocenters. The van der Waals surface area contributed by atoms with Crippen molar-refractivity contribution in [2.24, 2.45) is 4.99 Å². The van der Waals surface area contributed by atoms with Crippen LogP contribution in [0.4, 0.5) is 4.39 Å². The SMILES string of the molecule is C=CCn1c(=NC(=O)COc2ccc(F)cc2)sc2cc(OCC)ccc21. The fourth-order valence-corrected chi connectivity index (χ4v) is 3.60. The van der Waals surface area contributed by atoms with Crippen molar-refractivity contribution < 1.29 is 18.7 Å². The lowest BCUT2D eigenvalue weighted by Crippen LogP contribution is -2.19. The van der Waals surface area contributed by atoms with Gasteiger partial charge in [-0.2, -0.15) is 4.99 Å². The summed E-state index contributed by atoms with van der Waals surface area (Å²) in [7, 11) is 0. The normalized spacial score (nSPS) is 11.6. The molecule has 1 amide bonds. The van der Waals surface area contributed by atoms with Crippen molar-refractivity contribution in [1.29, 1.82) is 0 Å². The monoisotopic (exact) mass is 386 g/mol. The predicted octanol–water partition coefficient (Wildman–Crippen LogP) is 3.93. The van der Waals surface area contributed by atoms with Gasteiger partial charge in [-0.1, -0.05) is 17.4 Å². The van der Waals surface area contributed by atoms with E-state index in [1.165, 1.54) is 35.6 Å². The number of thiazole rings is 1. The molecule has 140 valence electrons. The second-order valence-corrected chi connectivity index (χ2v) is 6.60. The number of allylic oxidation sites excluding steroid dienone is 1. The maximum atomic E-state index is 12.9.